The molecule has 1 atom stereocenters. The van der Waals surface area contributed by atoms with Crippen LogP contribution in [0, 0.1) is 5.41 Å². The van der Waals surface area contributed by atoms with Crippen molar-refractivity contribution in [3.05, 3.63) is 0 Å². The van der Waals surface area contributed by atoms with Gasteiger partial charge in [0.05, 0.1) is 6.10 Å². The van der Waals surface area contributed by atoms with Crippen LogP contribution in [0.1, 0.15) is 58.3 Å². The van der Waals surface area contributed by atoms with Crippen LogP contribution < -0.4 is 0 Å². The molecule has 0 aromatic rings. The van der Waals surface area contributed by atoms with E-state index >= 15 is 0 Å². The number of carbonyl (C=O) groups excluding carboxylic acids is 1. The average molecular weight is 267 g/mol. The van der Waals surface area contributed by atoms with Crippen molar-refractivity contribution in [1.29, 1.82) is 0 Å². The number of nitrogens with zero attached hydrogens (tertiary/aromatic N) is 1. The number of hydrogen-bond acceptors (Lipinski definition) is 3. The Hall–Kier alpha value is -0.410. The van der Waals surface area contributed by atoms with E-state index in [1.54, 1.807) is 0 Å². The summed E-state index contributed by atoms with van der Waals surface area (Å²) >= 11 is 0. The molecule has 1 unspecified atom stereocenters. The summed E-state index contributed by atoms with van der Waals surface area (Å²) in [6, 6.07) is 0. The Bertz CT molecular complexity index is 274. The topological polar surface area (TPSA) is 29.5 Å². The molecule has 0 spiro atoms. The summed E-state index contributed by atoms with van der Waals surface area (Å²) in [6.07, 6.45) is 11.1. The lowest BCUT2D eigenvalue weighted by Crippen LogP contribution is -2.46. The molecule has 2 rings (SSSR count). The predicted octanol–water partition coefficient (Wildman–Crippen LogP) is 3.03. The summed E-state index contributed by atoms with van der Waals surface area (Å²) < 4.78 is 5.89. The summed E-state index contributed by atoms with van der Waals surface area (Å²) in [5.41, 5.74) is -0.0507. The number of carbonyl (C=O) groups is 1. The highest BCUT2D eigenvalue weighted by atomic mass is 16.5. The van der Waals surface area contributed by atoms with Crippen molar-refractivity contribution in [1.82, 2.24) is 4.90 Å². The molecule has 0 radical (unpaired) electrons. The normalized spacial score (nSPS) is 28.2. The van der Waals surface area contributed by atoms with Crippen molar-refractivity contribution in [2.45, 2.75) is 64.4 Å². The van der Waals surface area contributed by atoms with Gasteiger partial charge in [0.25, 0.3) is 0 Å². The Balaban J connectivity index is 1.84. The third-order valence-corrected chi connectivity index (χ3v) is 4.66. The lowest BCUT2D eigenvalue weighted by atomic mass is 9.74. The third kappa shape index (κ3) is 4.28. The fourth-order valence-electron chi connectivity index (χ4n) is 3.59. The molecule has 3 nitrogen and oxygen atoms in total. The van der Waals surface area contributed by atoms with Gasteiger partial charge in [-0.3, -0.25) is 4.90 Å². The minimum absolute atomic E-state index is 0.0507. The van der Waals surface area contributed by atoms with Gasteiger partial charge in [-0.25, -0.2) is 0 Å². The number of rotatable bonds is 6. The van der Waals surface area contributed by atoms with Gasteiger partial charge in [0.1, 0.15) is 6.29 Å². The Labute approximate surface area is 117 Å². The van der Waals surface area contributed by atoms with E-state index in [2.05, 4.69) is 11.8 Å². The summed E-state index contributed by atoms with van der Waals surface area (Å²) in [5, 5.41) is 0. The molecule has 2 fully saturated rings. The first kappa shape index (κ1) is 15.0. The molecule has 1 saturated carbocycles. The van der Waals surface area contributed by atoms with Crippen LogP contribution >= 0.6 is 0 Å². The molecule has 0 aromatic carbocycles. The standard InChI is InChI=1S/C16H29NO2/c1-2-11-19-15-7-6-10-17(12-15)13-16(14-18)8-4-3-5-9-16/h14-15H,2-13H2,1H3. The second kappa shape index (κ2) is 7.39. The largest absolute Gasteiger partial charge is 0.377 e. The van der Waals surface area contributed by atoms with Gasteiger partial charge in [-0.2, -0.15) is 0 Å². The maximum Gasteiger partial charge on any atom is 0.127 e. The van der Waals surface area contributed by atoms with Crippen LogP contribution in [0.5, 0.6) is 0 Å². The van der Waals surface area contributed by atoms with Crippen molar-refractivity contribution in [3.8, 4) is 0 Å². The van der Waals surface area contributed by atoms with Gasteiger partial charge < -0.3 is 9.53 Å². The predicted molar refractivity (Wildman–Crippen MR) is 77.3 cm³/mol. The highest BCUT2D eigenvalue weighted by Gasteiger charge is 2.35. The molecular formula is C16H29NO2. The van der Waals surface area contributed by atoms with E-state index in [4.69, 9.17) is 4.74 Å². The second-order valence-corrected chi connectivity index (χ2v) is 6.41. The van der Waals surface area contributed by atoms with Crippen molar-refractivity contribution >= 4 is 6.29 Å². The number of ether oxygens (including phenoxy) is 1. The average Bonchev–Trinajstić information content (AvgIpc) is 2.46. The van der Waals surface area contributed by atoms with Gasteiger partial charge >= 0.3 is 0 Å². The summed E-state index contributed by atoms with van der Waals surface area (Å²) in [6.45, 7) is 6.15. The van der Waals surface area contributed by atoms with E-state index in [1.165, 1.54) is 38.4 Å². The maximum atomic E-state index is 11.6. The van der Waals surface area contributed by atoms with Crippen molar-refractivity contribution in [2.75, 3.05) is 26.2 Å². The number of piperidine rings is 1. The fraction of sp³-hybridized carbons (Fsp3) is 0.938. The van der Waals surface area contributed by atoms with Crippen molar-refractivity contribution in [2.24, 2.45) is 5.41 Å². The zero-order valence-electron chi connectivity index (χ0n) is 12.4. The molecule has 1 aliphatic heterocycles. The lowest BCUT2D eigenvalue weighted by molar-refractivity contribution is -0.120. The molecule has 110 valence electrons. The fourth-order valence-corrected chi connectivity index (χ4v) is 3.59. The number of aldehydes is 1. The van der Waals surface area contributed by atoms with E-state index < -0.39 is 0 Å². The van der Waals surface area contributed by atoms with Gasteiger partial charge in [-0.05, 0) is 38.6 Å². The van der Waals surface area contributed by atoms with Gasteiger partial charge in [0.15, 0.2) is 0 Å². The summed E-state index contributed by atoms with van der Waals surface area (Å²) in [4.78, 5) is 14.0. The zero-order valence-corrected chi connectivity index (χ0v) is 12.4. The van der Waals surface area contributed by atoms with Crippen LogP contribution in [0.15, 0.2) is 0 Å². The van der Waals surface area contributed by atoms with Crippen LogP contribution in [0.3, 0.4) is 0 Å². The van der Waals surface area contributed by atoms with Crippen LogP contribution in [0.2, 0.25) is 0 Å². The number of hydrogen-bond donors (Lipinski definition) is 0. The van der Waals surface area contributed by atoms with Gasteiger partial charge in [-0.15, -0.1) is 0 Å². The smallest absolute Gasteiger partial charge is 0.127 e. The Morgan fingerprint density at radius 3 is 2.74 bits per heavy atom. The lowest BCUT2D eigenvalue weighted by Gasteiger charge is -2.40. The quantitative estimate of drug-likeness (QED) is 0.693. The summed E-state index contributed by atoms with van der Waals surface area (Å²) in [7, 11) is 0. The Morgan fingerprint density at radius 1 is 1.26 bits per heavy atom. The first-order valence-electron chi connectivity index (χ1n) is 8.08. The molecule has 3 heteroatoms. The first-order valence-corrected chi connectivity index (χ1v) is 8.08. The highest BCUT2D eigenvalue weighted by molar-refractivity contribution is 5.60. The van der Waals surface area contributed by atoms with Gasteiger partial charge in [-0.1, -0.05) is 26.2 Å². The van der Waals surface area contributed by atoms with E-state index in [9.17, 15) is 4.79 Å². The second-order valence-electron chi connectivity index (χ2n) is 6.41. The molecule has 1 heterocycles. The maximum absolute atomic E-state index is 11.6. The van der Waals surface area contributed by atoms with Gasteiger partial charge in [0, 0.05) is 25.1 Å². The minimum Gasteiger partial charge on any atom is -0.377 e. The van der Waals surface area contributed by atoms with Crippen molar-refractivity contribution < 1.29 is 9.53 Å². The molecule has 0 aromatic heterocycles. The molecular weight excluding hydrogens is 238 g/mol. The van der Waals surface area contributed by atoms with Crippen LogP contribution in [-0.4, -0.2) is 43.5 Å². The molecule has 0 bridgehead atoms. The van der Waals surface area contributed by atoms with E-state index in [0.717, 1.165) is 45.5 Å². The molecule has 19 heavy (non-hydrogen) atoms. The van der Waals surface area contributed by atoms with Gasteiger partial charge in [0.2, 0.25) is 0 Å². The Morgan fingerprint density at radius 2 is 2.05 bits per heavy atom. The minimum atomic E-state index is -0.0507. The van der Waals surface area contributed by atoms with Crippen LogP contribution in [0.4, 0.5) is 0 Å². The molecule has 0 N–H and O–H groups in total. The zero-order chi connectivity index (χ0) is 13.6. The highest BCUT2D eigenvalue weighted by Crippen LogP contribution is 2.35. The molecule has 1 saturated heterocycles. The van der Waals surface area contributed by atoms with E-state index in [1.807, 2.05) is 0 Å². The Kier molecular flexibility index (Phi) is 5.83. The molecule has 2 aliphatic rings. The van der Waals surface area contributed by atoms with Crippen molar-refractivity contribution in [3.63, 3.8) is 0 Å². The monoisotopic (exact) mass is 267 g/mol. The first-order chi connectivity index (χ1) is 9.28. The molecule has 0 amide bonds. The third-order valence-electron chi connectivity index (χ3n) is 4.66. The van der Waals surface area contributed by atoms with E-state index in [-0.39, 0.29) is 5.41 Å². The SMILES string of the molecule is CCCOC1CCCN(CC2(C=O)CCCCC2)C1. The molecule has 1 aliphatic carbocycles. The van der Waals surface area contributed by atoms with E-state index in [0.29, 0.717) is 6.10 Å². The van der Waals surface area contributed by atoms with Crippen LogP contribution in [-0.2, 0) is 9.53 Å². The van der Waals surface area contributed by atoms with Crippen LogP contribution in [0.25, 0.3) is 0 Å². The summed E-state index contributed by atoms with van der Waals surface area (Å²) in [5.74, 6) is 0. The number of likely N-dealkylation sites (tertiary alicyclic amines) is 1.